The van der Waals surface area contributed by atoms with Crippen molar-refractivity contribution >= 4 is 17.3 Å². The Morgan fingerprint density at radius 3 is 2.56 bits per heavy atom. The number of fused-ring (bicyclic) bond motifs is 8. The molecule has 0 spiro atoms. The van der Waals surface area contributed by atoms with Crippen molar-refractivity contribution in [2.75, 3.05) is 5.73 Å². The van der Waals surface area contributed by atoms with Crippen LogP contribution in [0.25, 0.3) is 5.57 Å². The predicted octanol–water partition coefficient (Wildman–Crippen LogP) is 5.73. The Morgan fingerprint density at radius 1 is 1.06 bits per heavy atom. The smallest absolute Gasteiger partial charge is 0.293 e. The first-order chi connectivity index (χ1) is 17.3. The number of hydrogen-bond acceptors (Lipinski definition) is 4. The Balaban J connectivity index is 1.27. The van der Waals surface area contributed by atoms with Crippen LogP contribution in [0.4, 0.5) is 10.2 Å². The minimum absolute atomic E-state index is 0.164. The minimum atomic E-state index is -0.370. The molecular formula is C30H25FN3O2+. The summed E-state index contributed by atoms with van der Waals surface area (Å²) in [6.07, 6.45) is 5.70. The SMILES string of the molecule is CC1=CC(c2ccc3c(c2)C2OC3c3ccc(C(=O)NCc4c(C)cc(N)nc4C)cc32)=C(F)[C+]=C1. The van der Waals surface area contributed by atoms with Crippen molar-refractivity contribution < 1.29 is 13.9 Å². The van der Waals surface area contributed by atoms with Crippen molar-refractivity contribution in [1.82, 2.24) is 10.3 Å². The second-order valence-electron chi connectivity index (χ2n) is 9.60. The lowest BCUT2D eigenvalue weighted by atomic mass is 9.83. The number of nitrogen functional groups attached to an aromatic ring is 1. The van der Waals surface area contributed by atoms with Crippen LogP contribution in [-0.4, -0.2) is 10.9 Å². The number of carbonyl (C=O) groups excluding carboxylic acids is 1. The summed E-state index contributed by atoms with van der Waals surface area (Å²) in [5.41, 5.74) is 15.6. The predicted molar refractivity (Wildman–Crippen MR) is 137 cm³/mol. The van der Waals surface area contributed by atoms with E-state index < -0.39 is 0 Å². The Bertz CT molecular complexity index is 1530. The highest BCUT2D eigenvalue weighted by Gasteiger charge is 2.43. The van der Waals surface area contributed by atoms with Gasteiger partial charge < -0.3 is 15.8 Å². The third-order valence-corrected chi connectivity index (χ3v) is 7.18. The van der Waals surface area contributed by atoms with Crippen molar-refractivity contribution in [3.8, 4) is 0 Å². The van der Waals surface area contributed by atoms with Gasteiger partial charge in [0, 0.05) is 30.3 Å². The topological polar surface area (TPSA) is 77.2 Å². The molecule has 0 radical (unpaired) electrons. The third kappa shape index (κ3) is 3.54. The standard InChI is InChI=1S/C30H24FN3O2/c1-15-4-9-26(31)22(10-15)18-5-7-20-23(12-18)29-24-13-19(6-8-21(24)28(20)36-29)30(35)33-14-25-16(2)11-27(32)34-17(25)3/h4-8,10-13,28-29H,14H2,1-3H3,(H2-,32,33,34,35)/p+1. The number of aryl methyl sites for hydroxylation is 2. The minimum Gasteiger partial charge on any atom is -0.384 e. The highest BCUT2D eigenvalue weighted by molar-refractivity contribution is 5.94. The molecule has 2 atom stereocenters. The van der Waals surface area contributed by atoms with Crippen molar-refractivity contribution in [3.63, 3.8) is 0 Å². The first kappa shape index (κ1) is 22.4. The van der Waals surface area contributed by atoms with Gasteiger partial charge >= 0.3 is 0 Å². The Hall–Kier alpha value is -4.12. The van der Waals surface area contributed by atoms with Crippen LogP contribution < -0.4 is 11.1 Å². The van der Waals surface area contributed by atoms with E-state index in [1.165, 1.54) is 0 Å². The van der Waals surface area contributed by atoms with Gasteiger partial charge in [0.2, 0.25) is 0 Å². The van der Waals surface area contributed by atoms with E-state index in [4.69, 9.17) is 10.5 Å². The number of hydrogen-bond donors (Lipinski definition) is 2. The van der Waals surface area contributed by atoms with Crippen LogP contribution in [0.3, 0.4) is 0 Å². The maximum atomic E-state index is 14.5. The second kappa shape index (κ2) is 8.23. The number of allylic oxidation sites excluding steroid dienone is 6. The maximum absolute atomic E-state index is 14.5. The van der Waals surface area contributed by atoms with Gasteiger partial charge in [-0.1, -0.05) is 12.1 Å². The fraction of sp³-hybridized carbons (Fsp3) is 0.200. The molecular weight excluding hydrogens is 453 g/mol. The number of ether oxygens (including phenoxy) is 1. The summed E-state index contributed by atoms with van der Waals surface area (Å²) in [4.78, 5) is 17.3. The molecule has 2 aromatic carbocycles. The number of pyridine rings is 1. The van der Waals surface area contributed by atoms with Crippen LogP contribution in [0.15, 0.2) is 66.0 Å². The highest BCUT2D eigenvalue weighted by Crippen LogP contribution is 2.54. The highest BCUT2D eigenvalue weighted by atomic mass is 19.1. The quantitative estimate of drug-likeness (QED) is 0.470. The molecule has 3 aromatic rings. The Morgan fingerprint density at radius 2 is 1.78 bits per heavy atom. The molecule has 1 amide bonds. The van der Waals surface area contributed by atoms with E-state index in [2.05, 4.69) is 16.4 Å². The van der Waals surface area contributed by atoms with E-state index >= 15 is 0 Å². The molecule has 6 heteroatoms. The lowest BCUT2D eigenvalue weighted by molar-refractivity contribution is 0.0857. The van der Waals surface area contributed by atoms with Crippen LogP contribution in [0.5, 0.6) is 0 Å². The number of nitrogens with one attached hydrogen (secondary N) is 1. The molecule has 2 bridgehead atoms. The number of nitrogens with two attached hydrogens (primary N) is 1. The molecule has 1 aromatic heterocycles. The number of halogens is 1. The summed E-state index contributed by atoms with van der Waals surface area (Å²) in [5, 5.41) is 3.01. The number of amides is 1. The summed E-state index contributed by atoms with van der Waals surface area (Å²) in [6.45, 7) is 6.14. The molecule has 2 unspecified atom stereocenters. The first-order valence-electron chi connectivity index (χ1n) is 11.9. The van der Waals surface area contributed by atoms with E-state index in [1.807, 2.05) is 69.3 Å². The van der Waals surface area contributed by atoms with Gasteiger partial charge in [0.1, 0.15) is 29.7 Å². The van der Waals surface area contributed by atoms with E-state index in [9.17, 15) is 9.18 Å². The number of nitrogens with zero attached hydrogens (tertiary/aromatic N) is 1. The lowest BCUT2D eigenvalue weighted by Gasteiger charge is -2.17. The van der Waals surface area contributed by atoms with Crippen LogP contribution >= 0.6 is 0 Å². The van der Waals surface area contributed by atoms with Crippen LogP contribution in [0.2, 0.25) is 0 Å². The van der Waals surface area contributed by atoms with Crippen LogP contribution in [0, 0.1) is 19.9 Å². The van der Waals surface area contributed by atoms with Gasteiger partial charge in [0.25, 0.3) is 11.7 Å². The van der Waals surface area contributed by atoms with E-state index in [0.717, 1.165) is 50.2 Å². The average Bonchev–Trinajstić information content (AvgIpc) is 3.41. The van der Waals surface area contributed by atoms with Crippen molar-refractivity contribution in [1.29, 1.82) is 0 Å². The zero-order chi connectivity index (χ0) is 25.1. The second-order valence-corrected chi connectivity index (χ2v) is 9.60. The van der Waals surface area contributed by atoms with Crippen molar-refractivity contribution in [2.24, 2.45) is 0 Å². The summed E-state index contributed by atoms with van der Waals surface area (Å²) >= 11 is 0. The molecule has 3 N–H and O–H groups in total. The lowest BCUT2D eigenvalue weighted by Crippen LogP contribution is -2.24. The molecule has 3 aliphatic rings. The van der Waals surface area contributed by atoms with Crippen molar-refractivity contribution in [2.45, 2.75) is 39.5 Å². The Kier molecular flexibility index (Phi) is 5.11. The molecule has 0 saturated heterocycles. The van der Waals surface area contributed by atoms with E-state index in [0.29, 0.717) is 23.5 Å². The largest absolute Gasteiger partial charge is 0.384 e. The zero-order valence-electron chi connectivity index (χ0n) is 20.3. The first-order valence-corrected chi connectivity index (χ1v) is 11.9. The van der Waals surface area contributed by atoms with E-state index in [-0.39, 0.29) is 23.9 Å². The molecule has 1 aliphatic carbocycles. The fourth-order valence-corrected chi connectivity index (χ4v) is 5.38. The summed E-state index contributed by atoms with van der Waals surface area (Å²) in [6, 6.07) is 13.5. The van der Waals surface area contributed by atoms with Gasteiger partial charge in [-0.05, 0) is 77.6 Å². The monoisotopic (exact) mass is 478 g/mol. The molecule has 5 nitrogen and oxygen atoms in total. The molecule has 0 saturated carbocycles. The van der Waals surface area contributed by atoms with Gasteiger partial charge in [0.15, 0.2) is 0 Å². The molecule has 36 heavy (non-hydrogen) atoms. The number of rotatable bonds is 4. The Labute approximate surface area is 209 Å². The normalized spacial score (nSPS) is 19.1. The van der Waals surface area contributed by atoms with Gasteiger partial charge in [0.05, 0.1) is 17.7 Å². The van der Waals surface area contributed by atoms with Gasteiger partial charge in [-0.25, -0.2) is 4.98 Å². The fourth-order valence-electron chi connectivity index (χ4n) is 5.38. The van der Waals surface area contributed by atoms with Crippen LogP contribution in [-0.2, 0) is 11.3 Å². The number of benzene rings is 2. The molecule has 3 heterocycles. The molecule has 6 rings (SSSR count). The van der Waals surface area contributed by atoms with Crippen LogP contribution in [0.1, 0.15) is 74.1 Å². The number of carbonyl (C=O) groups is 1. The summed E-state index contributed by atoms with van der Waals surface area (Å²) < 4.78 is 20.8. The van der Waals surface area contributed by atoms with Gasteiger partial charge in [-0.15, -0.1) is 0 Å². The summed E-state index contributed by atoms with van der Waals surface area (Å²) in [7, 11) is 0. The van der Waals surface area contributed by atoms with E-state index in [1.54, 1.807) is 6.08 Å². The zero-order valence-corrected chi connectivity index (χ0v) is 20.3. The molecule has 178 valence electrons. The number of aromatic nitrogens is 1. The summed E-state index contributed by atoms with van der Waals surface area (Å²) in [5.74, 6) is -0.0613. The van der Waals surface area contributed by atoms with Gasteiger partial charge in [-0.2, -0.15) is 4.39 Å². The van der Waals surface area contributed by atoms with Crippen molar-refractivity contribution in [3.05, 3.63) is 122 Å². The number of anilines is 1. The van der Waals surface area contributed by atoms with Gasteiger partial charge in [-0.3, -0.25) is 4.79 Å². The third-order valence-electron chi connectivity index (χ3n) is 7.18. The molecule has 2 aliphatic heterocycles. The average molecular weight is 479 g/mol. The molecule has 0 fully saturated rings. The maximum Gasteiger partial charge on any atom is 0.293 e.